The largest absolute Gasteiger partial charge is 0.481 e. The van der Waals surface area contributed by atoms with Crippen LogP contribution in [0.1, 0.15) is 19.3 Å². The zero-order chi connectivity index (χ0) is 8.55. The third-order valence-electron chi connectivity index (χ3n) is 3.34. The fourth-order valence-corrected chi connectivity index (χ4v) is 2.74. The molecule has 0 aromatic rings. The van der Waals surface area contributed by atoms with Gasteiger partial charge in [0, 0.05) is 6.42 Å². The lowest BCUT2D eigenvalue weighted by Gasteiger charge is -2.29. The molecule has 3 heteroatoms. The predicted molar refractivity (Wildman–Crippen MR) is 44.8 cm³/mol. The molecule has 0 aromatic carbocycles. The van der Waals surface area contributed by atoms with Crippen LogP contribution in [0.5, 0.6) is 0 Å². The Balaban J connectivity index is 2.00. The fourth-order valence-electron chi connectivity index (χ4n) is 2.74. The second kappa shape index (κ2) is 3.05. The Morgan fingerprint density at radius 3 is 2.42 bits per heavy atom. The molecule has 1 unspecified atom stereocenters. The first-order chi connectivity index (χ1) is 5.77. The highest BCUT2D eigenvalue weighted by molar-refractivity contribution is 5.67. The average Bonchev–Trinajstić information content (AvgIpc) is 2.30. The minimum absolute atomic E-state index is 0.386. The maximum Gasteiger partial charge on any atom is 0.303 e. The topological polar surface area (TPSA) is 49.3 Å². The van der Waals surface area contributed by atoms with Gasteiger partial charge in [-0.05, 0) is 43.7 Å². The predicted octanol–water partition coefficient (Wildman–Crippen LogP) is 0.707. The van der Waals surface area contributed by atoms with Crippen LogP contribution in [-0.2, 0) is 4.79 Å². The molecule has 0 spiro atoms. The zero-order valence-electron chi connectivity index (χ0n) is 7.12. The molecule has 3 atom stereocenters. The molecule has 1 heterocycles. The molecule has 1 saturated carbocycles. The van der Waals surface area contributed by atoms with Gasteiger partial charge in [-0.25, -0.2) is 0 Å². The third-order valence-corrected chi connectivity index (χ3v) is 3.34. The molecular formula is C9H15NO2. The van der Waals surface area contributed by atoms with E-state index < -0.39 is 5.97 Å². The molecule has 1 saturated heterocycles. The Kier molecular flexibility index (Phi) is 2.05. The van der Waals surface area contributed by atoms with E-state index in [1.54, 1.807) is 0 Å². The summed E-state index contributed by atoms with van der Waals surface area (Å²) in [6.07, 6.45) is 2.85. The van der Waals surface area contributed by atoms with E-state index in [9.17, 15) is 4.79 Å². The van der Waals surface area contributed by atoms with Crippen molar-refractivity contribution in [1.82, 2.24) is 5.32 Å². The number of carboxylic acid groups (broad SMARTS) is 1. The van der Waals surface area contributed by atoms with Crippen LogP contribution in [0.2, 0.25) is 0 Å². The minimum atomic E-state index is -0.626. The van der Waals surface area contributed by atoms with E-state index in [1.165, 1.54) is 12.8 Å². The monoisotopic (exact) mass is 169 g/mol. The number of rotatable bonds is 2. The van der Waals surface area contributed by atoms with E-state index in [0.717, 1.165) is 13.1 Å². The van der Waals surface area contributed by atoms with Gasteiger partial charge in [0.05, 0.1) is 0 Å². The quantitative estimate of drug-likeness (QED) is 0.640. The summed E-state index contributed by atoms with van der Waals surface area (Å²) >= 11 is 0. The van der Waals surface area contributed by atoms with Crippen LogP contribution in [0.3, 0.4) is 0 Å². The maximum absolute atomic E-state index is 10.6. The number of hydrogen-bond donors (Lipinski definition) is 2. The molecule has 12 heavy (non-hydrogen) atoms. The van der Waals surface area contributed by atoms with Crippen molar-refractivity contribution < 1.29 is 9.90 Å². The van der Waals surface area contributed by atoms with Crippen LogP contribution in [-0.4, -0.2) is 24.2 Å². The molecule has 0 radical (unpaired) electrons. The van der Waals surface area contributed by atoms with Crippen molar-refractivity contribution in [2.45, 2.75) is 19.3 Å². The maximum atomic E-state index is 10.6. The molecule has 1 aliphatic carbocycles. The van der Waals surface area contributed by atoms with Crippen LogP contribution in [0, 0.1) is 17.8 Å². The standard InChI is InChI=1S/C9H15NO2/c11-9(12)3-8-6-1-2-7(8)5-10-4-6/h6-8,10H,1-5H2,(H,11,12)/t6-,7+,8?. The summed E-state index contributed by atoms with van der Waals surface area (Å²) in [5.74, 6) is 1.11. The van der Waals surface area contributed by atoms with E-state index in [0.29, 0.717) is 24.2 Å². The second-order valence-electron chi connectivity index (χ2n) is 4.02. The van der Waals surface area contributed by atoms with Gasteiger partial charge in [0.1, 0.15) is 0 Å². The molecule has 2 N–H and O–H groups in total. The normalized spacial score (nSPS) is 39.8. The van der Waals surface area contributed by atoms with E-state index in [4.69, 9.17) is 5.11 Å². The van der Waals surface area contributed by atoms with Crippen LogP contribution < -0.4 is 5.32 Å². The summed E-state index contributed by atoms with van der Waals surface area (Å²) in [4.78, 5) is 10.6. The van der Waals surface area contributed by atoms with Gasteiger partial charge < -0.3 is 10.4 Å². The molecule has 2 fully saturated rings. The van der Waals surface area contributed by atoms with E-state index in [1.807, 2.05) is 0 Å². The Hall–Kier alpha value is -0.570. The minimum Gasteiger partial charge on any atom is -0.481 e. The Morgan fingerprint density at radius 2 is 1.92 bits per heavy atom. The van der Waals surface area contributed by atoms with E-state index in [-0.39, 0.29) is 0 Å². The fraction of sp³-hybridized carbons (Fsp3) is 0.889. The van der Waals surface area contributed by atoms with Crippen LogP contribution in [0.25, 0.3) is 0 Å². The van der Waals surface area contributed by atoms with Gasteiger partial charge in [0.2, 0.25) is 0 Å². The van der Waals surface area contributed by atoms with Crippen LogP contribution >= 0.6 is 0 Å². The van der Waals surface area contributed by atoms with E-state index in [2.05, 4.69) is 5.32 Å². The lowest BCUT2D eigenvalue weighted by atomic mass is 9.84. The number of fused-ring (bicyclic) bond motifs is 2. The third kappa shape index (κ3) is 1.33. The van der Waals surface area contributed by atoms with Crippen molar-refractivity contribution in [3.05, 3.63) is 0 Å². The first-order valence-electron chi connectivity index (χ1n) is 4.70. The van der Waals surface area contributed by atoms with Crippen molar-refractivity contribution in [1.29, 1.82) is 0 Å². The number of carbonyl (C=O) groups is 1. The summed E-state index contributed by atoms with van der Waals surface area (Å²) in [5.41, 5.74) is 0. The molecule has 68 valence electrons. The van der Waals surface area contributed by atoms with Crippen molar-refractivity contribution in [2.75, 3.05) is 13.1 Å². The highest BCUT2D eigenvalue weighted by atomic mass is 16.4. The summed E-state index contributed by atoms with van der Waals surface area (Å²) in [6.45, 7) is 2.07. The van der Waals surface area contributed by atoms with Gasteiger partial charge in [-0.2, -0.15) is 0 Å². The van der Waals surface area contributed by atoms with Gasteiger partial charge in [-0.15, -0.1) is 0 Å². The molecule has 0 amide bonds. The molecular weight excluding hydrogens is 154 g/mol. The van der Waals surface area contributed by atoms with Gasteiger partial charge in [-0.3, -0.25) is 4.79 Å². The lowest BCUT2D eigenvalue weighted by Crippen LogP contribution is -2.38. The van der Waals surface area contributed by atoms with Crippen LogP contribution in [0.15, 0.2) is 0 Å². The Morgan fingerprint density at radius 1 is 1.33 bits per heavy atom. The molecule has 3 nitrogen and oxygen atoms in total. The highest BCUT2D eigenvalue weighted by Crippen LogP contribution is 2.40. The Labute approximate surface area is 72.2 Å². The van der Waals surface area contributed by atoms with Crippen molar-refractivity contribution >= 4 is 5.97 Å². The van der Waals surface area contributed by atoms with Gasteiger partial charge in [-0.1, -0.05) is 0 Å². The number of aliphatic carboxylic acids is 1. The summed E-state index contributed by atoms with van der Waals surface area (Å²) < 4.78 is 0. The van der Waals surface area contributed by atoms with Crippen molar-refractivity contribution in [3.8, 4) is 0 Å². The zero-order valence-corrected chi connectivity index (χ0v) is 7.12. The molecule has 2 aliphatic rings. The van der Waals surface area contributed by atoms with E-state index >= 15 is 0 Å². The number of hydrogen-bond acceptors (Lipinski definition) is 2. The molecule has 0 aromatic heterocycles. The van der Waals surface area contributed by atoms with Gasteiger partial charge in [0.25, 0.3) is 0 Å². The van der Waals surface area contributed by atoms with Crippen molar-refractivity contribution in [3.63, 3.8) is 0 Å². The number of carboxylic acids is 1. The van der Waals surface area contributed by atoms with Crippen molar-refractivity contribution in [2.24, 2.45) is 17.8 Å². The first-order valence-corrected chi connectivity index (χ1v) is 4.70. The SMILES string of the molecule is O=C(O)CC1[C@@H]2CC[C@H]1CNC2. The highest BCUT2D eigenvalue weighted by Gasteiger charge is 2.39. The summed E-state index contributed by atoms with van der Waals surface area (Å²) in [6, 6.07) is 0. The average molecular weight is 169 g/mol. The molecule has 2 bridgehead atoms. The lowest BCUT2D eigenvalue weighted by molar-refractivity contribution is -0.138. The Bertz CT molecular complexity index is 177. The first kappa shape index (κ1) is 8.05. The van der Waals surface area contributed by atoms with Gasteiger partial charge >= 0.3 is 5.97 Å². The number of piperidine rings is 1. The summed E-state index contributed by atoms with van der Waals surface area (Å²) in [5, 5.41) is 12.1. The summed E-state index contributed by atoms with van der Waals surface area (Å²) in [7, 11) is 0. The van der Waals surface area contributed by atoms with Gasteiger partial charge in [0.15, 0.2) is 0 Å². The second-order valence-corrected chi connectivity index (χ2v) is 4.02. The molecule has 1 aliphatic heterocycles. The smallest absolute Gasteiger partial charge is 0.303 e. The molecule has 2 rings (SSSR count). The van der Waals surface area contributed by atoms with Crippen LogP contribution in [0.4, 0.5) is 0 Å². The number of nitrogens with one attached hydrogen (secondary N) is 1.